The van der Waals surface area contributed by atoms with E-state index >= 15 is 0 Å². The molecule has 3 aromatic rings. The monoisotopic (exact) mass is 360 g/mol. The zero-order valence-electron chi connectivity index (χ0n) is 14.6. The van der Waals surface area contributed by atoms with E-state index in [-0.39, 0.29) is 17.0 Å². The Labute approximate surface area is 154 Å². The summed E-state index contributed by atoms with van der Waals surface area (Å²) < 4.78 is 5.86. The van der Waals surface area contributed by atoms with Gasteiger partial charge in [0.2, 0.25) is 0 Å². The van der Waals surface area contributed by atoms with Crippen molar-refractivity contribution < 1.29 is 14.0 Å². The number of rotatable bonds is 3. The molecule has 0 unspecified atom stereocenters. The van der Waals surface area contributed by atoms with Gasteiger partial charge in [-0.05, 0) is 36.8 Å². The van der Waals surface area contributed by atoms with Gasteiger partial charge in [-0.3, -0.25) is 14.5 Å². The van der Waals surface area contributed by atoms with Gasteiger partial charge in [0.15, 0.2) is 5.43 Å². The molecule has 134 valence electrons. The molecule has 6 nitrogen and oxygen atoms in total. The van der Waals surface area contributed by atoms with Crippen LogP contribution in [-0.2, 0) is 4.79 Å². The standard InChI is InChI=1S/C21H16N2O4/c1-2-23-20(25)16(22-21(23)26)11-13-6-5-7-14(10-13)19-12-17(24)15-8-3-4-9-18(15)27-19/h3-12H,2H2,1H3,(H,22,26)/b16-11+. The fraction of sp³-hybridized carbons (Fsp3) is 0.0952. The first-order chi connectivity index (χ1) is 13.1. The third kappa shape index (κ3) is 3.01. The average molecular weight is 360 g/mol. The molecule has 1 aliphatic rings. The zero-order valence-corrected chi connectivity index (χ0v) is 14.6. The van der Waals surface area contributed by atoms with Gasteiger partial charge in [0.1, 0.15) is 17.0 Å². The number of carbonyl (C=O) groups excluding carboxylic acids is 2. The maximum atomic E-state index is 12.3. The van der Waals surface area contributed by atoms with Crippen molar-refractivity contribution in [1.82, 2.24) is 10.2 Å². The second-order valence-electron chi connectivity index (χ2n) is 6.13. The van der Waals surface area contributed by atoms with Crippen molar-refractivity contribution in [2.75, 3.05) is 6.54 Å². The van der Waals surface area contributed by atoms with Crippen LogP contribution in [0.2, 0.25) is 0 Å². The van der Waals surface area contributed by atoms with Crippen LogP contribution in [0.1, 0.15) is 12.5 Å². The summed E-state index contributed by atoms with van der Waals surface area (Å²) in [5.41, 5.74) is 2.04. The van der Waals surface area contributed by atoms with Crippen molar-refractivity contribution in [1.29, 1.82) is 0 Å². The fourth-order valence-corrected chi connectivity index (χ4v) is 3.05. The number of likely N-dealkylation sites (N-methyl/N-ethyl adjacent to an activating group) is 1. The van der Waals surface area contributed by atoms with Crippen molar-refractivity contribution in [3.05, 3.63) is 76.1 Å². The van der Waals surface area contributed by atoms with Crippen LogP contribution in [-0.4, -0.2) is 23.4 Å². The van der Waals surface area contributed by atoms with E-state index in [9.17, 15) is 14.4 Å². The molecular formula is C21H16N2O4. The van der Waals surface area contributed by atoms with Crippen molar-refractivity contribution in [2.45, 2.75) is 6.92 Å². The molecule has 1 saturated heterocycles. The number of amides is 3. The predicted molar refractivity (Wildman–Crippen MR) is 102 cm³/mol. The van der Waals surface area contributed by atoms with Crippen molar-refractivity contribution in [3.63, 3.8) is 0 Å². The normalized spacial score (nSPS) is 15.6. The van der Waals surface area contributed by atoms with E-state index in [4.69, 9.17) is 4.42 Å². The minimum atomic E-state index is -0.426. The first-order valence-electron chi connectivity index (χ1n) is 8.54. The Balaban J connectivity index is 1.74. The summed E-state index contributed by atoms with van der Waals surface area (Å²) in [5, 5.41) is 3.10. The van der Waals surface area contributed by atoms with Gasteiger partial charge in [-0.1, -0.05) is 30.3 Å². The lowest BCUT2D eigenvalue weighted by Crippen LogP contribution is -2.30. The number of para-hydroxylation sites is 1. The number of urea groups is 1. The molecule has 0 aliphatic carbocycles. The number of benzene rings is 2. The second kappa shape index (κ2) is 6.57. The van der Waals surface area contributed by atoms with E-state index < -0.39 is 6.03 Å². The quantitative estimate of drug-likeness (QED) is 0.574. The SMILES string of the molecule is CCN1C(=O)N/C(=C/c2cccc(-c3cc(=O)c4ccccc4o3)c2)C1=O. The number of fused-ring (bicyclic) bond motifs is 1. The molecule has 0 saturated carbocycles. The number of hydrogen-bond acceptors (Lipinski definition) is 4. The summed E-state index contributed by atoms with van der Waals surface area (Å²) in [7, 11) is 0. The van der Waals surface area contributed by atoms with Crippen LogP contribution in [0.15, 0.2) is 69.5 Å². The topological polar surface area (TPSA) is 79.6 Å². The molecule has 0 bridgehead atoms. The molecule has 6 heteroatoms. The lowest BCUT2D eigenvalue weighted by molar-refractivity contribution is -0.122. The Bertz CT molecular complexity index is 1160. The molecule has 0 radical (unpaired) electrons. The Morgan fingerprint density at radius 1 is 1.04 bits per heavy atom. The third-order valence-corrected chi connectivity index (χ3v) is 4.40. The van der Waals surface area contributed by atoms with E-state index in [0.29, 0.717) is 34.4 Å². The molecule has 1 aromatic heterocycles. The van der Waals surface area contributed by atoms with Crippen molar-refractivity contribution in [2.24, 2.45) is 0 Å². The van der Waals surface area contributed by atoms with E-state index in [0.717, 1.165) is 4.90 Å². The minimum absolute atomic E-state index is 0.118. The second-order valence-corrected chi connectivity index (χ2v) is 6.13. The summed E-state index contributed by atoms with van der Waals surface area (Å²) in [4.78, 5) is 37.4. The van der Waals surface area contributed by atoms with Crippen LogP contribution < -0.4 is 10.7 Å². The highest BCUT2D eigenvalue weighted by Crippen LogP contribution is 2.24. The Hall–Kier alpha value is -3.67. The first-order valence-corrected chi connectivity index (χ1v) is 8.54. The van der Waals surface area contributed by atoms with Crippen molar-refractivity contribution in [3.8, 4) is 11.3 Å². The summed E-state index contributed by atoms with van der Waals surface area (Å²) in [6.45, 7) is 2.05. The van der Waals surface area contributed by atoms with E-state index in [2.05, 4.69) is 5.32 Å². The largest absolute Gasteiger partial charge is 0.456 e. The van der Waals surface area contributed by atoms with Gasteiger partial charge in [0.25, 0.3) is 5.91 Å². The van der Waals surface area contributed by atoms with Crippen LogP contribution >= 0.6 is 0 Å². The molecule has 1 aliphatic heterocycles. The molecule has 3 amide bonds. The molecule has 1 N–H and O–H groups in total. The van der Waals surface area contributed by atoms with Gasteiger partial charge in [-0.25, -0.2) is 4.79 Å². The lowest BCUT2D eigenvalue weighted by Gasteiger charge is -2.06. The van der Waals surface area contributed by atoms with Crippen LogP contribution in [0.25, 0.3) is 28.4 Å². The summed E-state index contributed by atoms with van der Waals surface area (Å²) in [5.74, 6) is 0.0843. The van der Waals surface area contributed by atoms with Crippen LogP contribution in [0.4, 0.5) is 4.79 Å². The highest BCUT2D eigenvalue weighted by atomic mass is 16.3. The molecule has 0 spiro atoms. The maximum Gasteiger partial charge on any atom is 0.328 e. The van der Waals surface area contributed by atoms with Gasteiger partial charge >= 0.3 is 6.03 Å². The predicted octanol–water partition coefficient (Wildman–Crippen LogP) is 3.37. The van der Waals surface area contributed by atoms with Gasteiger partial charge in [0, 0.05) is 18.2 Å². The number of nitrogens with zero attached hydrogens (tertiary/aromatic N) is 1. The lowest BCUT2D eigenvalue weighted by atomic mass is 10.1. The highest BCUT2D eigenvalue weighted by Gasteiger charge is 2.31. The number of hydrogen-bond donors (Lipinski definition) is 1. The van der Waals surface area contributed by atoms with Crippen LogP contribution in [0, 0.1) is 0 Å². The summed E-state index contributed by atoms with van der Waals surface area (Å²) in [6.07, 6.45) is 1.61. The molecule has 1 fully saturated rings. The fourth-order valence-electron chi connectivity index (χ4n) is 3.05. The molecule has 2 heterocycles. The van der Waals surface area contributed by atoms with Crippen molar-refractivity contribution >= 4 is 29.0 Å². The molecule has 2 aromatic carbocycles. The molecule has 4 rings (SSSR count). The average Bonchev–Trinajstić information content (AvgIpc) is 2.94. The Morgan fingerprint density at radius 2 is 1.85 bits per heavy atom. The van der Waals surface area contributed by atoms with Gasteiger partial charge in [-0.15, -0.1) is 0 Å². The van der Waals surface area contributed by atoms with Gasteiger partial charge in [0.05, 0.1) is 5.39 Å². The van der Waals surface area contributed by atoms with E-state index in [1.807, 2.05) is 18.2 Å². The van der Waals surface area contributed by atoms with E-state index in [1.165, 1.54) is 6.07 Å². The number of nitrogens with one attached hydrogen (secondary N) is 1. The smallest absolute Gasteiger partial charge is 0.328 e. The molecular weight excluding hydrogens is 344 g/mol. The minimum Gasteiger partial charge on any atom is -0.456 e. The van der Waals surface area contributed by atoms with Crippen LogP contribution in [0.3, 0.4) is 0 Å². The number of imide groups is 1. The zero-order chi connectivity index (χ0) is 19.0. The Morgan fingerprint density at radius 3 is 2.63 bits per heavy atom. The van der Waals surface area contributed by atoms with Gasteiger partial charge < -0.3 is 9.73 Å². The third-order valence-electron chi connectivity index (χ3n) is 4.40. The molecule has 0 atom stereocenters. The maximum absolute atomic E-state index is 12.3. The highest BCUT2D eigenvalue weighted by molar-refractivity contribution is 6.13. The first kappa shape index (κ1) is 16.8. The summed E-state index contributed by atoms with van der Waals surface area (Å²) >= 11 is 0. The Kier molecular flexibility index (Phi) is 4.08. The van der Waals surface area contributed by atoms with Crippen LogP contribution in [0.5, 0.6) is 0 Å². The van der Waals surface area contributed by atoms with Gasteiger partial charge in [-0.2, -0.15) is 0 Å². The van der Waals surface area contributed by atoms with E-state index in [1.54, 1.807) is 43.3 Å². The molecule has 27 heavy (non-hydrogen) atoms. The number of carbonyl (C=O) groups is 2. The summed E-state index contributed by atoms with van der Waals surface area (Å²) in [6, 6.07) is 15.3.